The first-order valence-corrected chi connectivity index (χ1v) is 8.68. The van der Waals surface area contributed by atoms with Crippen LogP contribution in [0.3, 0.4) is 0 Å². The molecule has 0 fully saturated rings. The molecule has 2 aromatic rings. The highest BCUT2D eigenvalue weighted by molar-refractivity contribution is 7.11. The van der Waals surface area contributed by atoms with Crippen molar-refractivity contribution >= 4 is 28.9 Å². The number of pyridine rings is 1. The van der Waals surface area contributed by atoms with Crippen LogP contribution in [0.2, 0.25) is 0 Å². The number of anilines is 1. The summed E-state index contributed by atoms with van der Waals surface area (Å²) in [5.41, 5.74) is 0.658. The van der Waals surface area contributed by atoms with Gasteiger partial charge in [-0.05, 0) is 25.5 Å². The Bertz CT molecular complexity index is 670. The highest BCUT2D eigenvalue weighted by Crippen LogP contribution is 2.12. The zero-order chi connectivity index (χ0) is 17.2. The molecule has 8 heteroatoms. The van der Waals surface area contributed by atoms with Gasteiger partial charge < -0.3 is 16.0 Å². The summed E-state index contributed by atoms with van der Waals surface area (Å²) in [5.74, 6) is 0.398. The lowest BCUT2D eigenvalue weighted by Gasteiger charge is -2.10. The van der Waals surface area contributed by atoms with Gasteiger partial charge in [0.2, 0.25) is 5.91 Å². The number of carbonyl (C=O) groups is 1. The van der Waals surface area contributed by atoms with E-state index in [-0.39, 0.29) is 12.5 Å². The van der Waals surface area contributed by atoms with Crippen LogP contribution in [-0.4, -0.2) is 34.9 Å². The molecule has 0 saturated carbocycles. The van der Waals surface area contributed by atoms with Crippen molar-refractivity contribution < 1.29 is 4.79 Å². The number of aliphatic imine (C=N–C) groups is 1. The van der Waals surface area contributed by atoms with Crippen LogP contribution in [0, 0.1) is 0 Å². The van der Waals surface area contributed by atoms with Gasteiger partial charge in [-0.3, -0.25) is 9.78 Å². The number of carbonyl (C=O) groups excluding carboxylic acids is 1. The summed E-state index contributed by atoms with van der Waals surface area (Å²) in [6, 6.07) is 3.55. The third-order valence-corrected chi connectivity index (χ3v) is 4.17. The van der Waals surface area contributed by atoms with Gasteiger partial charge in [-0.1, -0.05) is 6.92 Å². The van der Waals surface area contributed by atoms with E-state index in [4.69, 9.17) is 0 Å². The smallest absolute Gasteiger partial charge is 0.246 e. The number of guanidine groups is 1. The average molecular weight is 346 g/mol. The molecule has 0 radical (unpaired) electrons. The number of aryl methyl sites for hydroxylation is 1. The molecule has 1 amide bonds. The van der Waals surface area contributed by atoms with Crippen LogP contribution in [-0.2, 0) is 17.8 Å². The van der Waals surface area contributed by atoms with E-state index in [0.717, 1.165) is 11.4 Å². The Hall–Kier alpha value is -2.48. The zero-order valence-corrected chi connectivity index (χ0v) is 14.7. The van der Waals surface area contributed by atoms with Gasteiger partial charge in [0.25, 0.3) is 0 Å². The fourth-order valence-electron chi connectivity index (χ4n) is 1.88. The van der Waals surface area contributed by atoms with Crippen molar-refractivity contribution in [3.63, 3.8) is 0 Å². The number of thiazole rings is 1. The highest BCUT2D eigenvalue weighted by atomic mass is 32.1. The van der Waals surface area contributed by atoms with Crippen molar-refractivity contribution in [1.82, 2.24) is 20.6 Å². The summed E-state index contributed by atoms with van der Waals surface area (Å²) < 4.78 is 0. The number of hydrogen-bond donors (Lipinski definition) is 3. The molecule has 0 aliphatic carbocycles. The quantitative estimate of drug-likeness (QED) is 0.525. The van der Waals surface area contributed by atoms with Gasteiger partial charge in [-0.25, -0.2) is 9.98 Å². The number of nitrogens with zero attached hydrogens (tertiary/aromatic N) is 3. The lowest BCUT2D eigenvalue weighted by molar-refractivity contribution is -0.114. The monoisotopic (exact) mass is 346 g/mol. The first-order valence-electron chi connectivity index (χ1n) is 7.87. The third kappa shape index (κ3) is 5.96. The van der Waals surface area contributed by atoms with E-state index >= 15 is 0 Å². The van der Waals surface area contributed by atoms with Gasteiger partial charge in [0.05, 0.1) is 18.4 Å². The predicted octanol–water partition coefficient (Wildman–Crippen LogP) is 1.79. The molecule has 3 N–H and O–H groups in total. The van der Waals surface area contributed by atoms with Crippen molar-refractivity contribution in [2.75, 3.05) is 18.4 Å². The van der Waals surface area contributed by atoms with Crippen LogP contribution >= 0.6 is 11.3 Å². The Kier molecular flexibility index (Phi) is 7.16. The largest absolute Gasteiger partial charge is 0.357 e. The minimum Gasteiger partial charge on any atom is -0.357 e. The summed E-state index contributed by atoms with van der Waals surface area (Å²) >= 11 is 1.68. The normalized spacial score (nSPS) is 11.2. The molecule has 0 atom stereocenters. The van der Waals surface area contributed by atoms with Crippen LogP contribution < -0.4 is 16.0 Å². The van der Waals surface area contributed by atoms with Crippen molar-refractivity contribution in [3.8, 4) is 0 Å². The molecular weight excluding hydrogens is 324 g/mol. The Morgan fingerprint density at radius 3 is 2.83 bits per heavy atom. The molecule has 2 heterocycles. The SMILES string of the molecule is CCNC(=NCC(=O)Nc1cccnc1)NCc1ncc(CC)s1. The minimum atomic E-state index is -0.192. The molecule has 2 aromatic heterocycles. The van der Waals surface area contributed by atoms with Crippen molar-refractivity contribution in [3.05, 3.63) is 40.6 Å². The predicted molar refractivity (Wildman–Crippen MR) is 97.2 cm³/mol. The van der Waals surface area contributed by atoms with Gasteiger partial charge in [0.1, 0.15) is 11.6 Å². The summed E-state index contributed by atoms with van der Waals surface area (Å²) in [4.78, 5) is 25.8. The number of rotatable bonds is 7. The molecule has 2 rings (SSSR count). The van der Waals surface area contributed by atoms with Crippen LogP contribution in [0.5, 0.6) is 0 Å². The maximum Gasteiger partial charge on any atom is 0.246 e. The van der Waals surface area contributed by atoms with Crippen molar-refractivity contribution in [2.24, 2.45) is 4.99 Å². The lowest BCUT2D eigenvalue weighted by atomic mass is 10.4. The number of aromatic nitrogens is 2. The molecule has 0 aromatic carbocycles. The number of hydrogen-bond acceptors (Lipinski definition) is 5. The first-order chi connectivity index (χ1) is 11.7. The van der Waals surface area contributed by atoms with Crippen molar-refractivity contribution in [2.45, 2.75) is 26.8 Å². The topological polar surface area (TPSA) is 91.3 Å². The van der Waals surface area contributed by atoms with Crippen molar-refractivity contribution in [1.29, 1.82) is 0 Å². The molecule has 0 saturated heterocycles. The van der Waals surface area contributed by atoms with Gasteiger partial charge in [0.15, 0.2) is 5.96 Å². The molecule has 128 valence electrons. The maximum atomic E-state index is 11.9. The van der Waals surface area contributed by atoms with Crippen LogP contribution in [0.15, 0.2) is 35.7 Å². The molecule has 0 bridgehead atoms. The van der Waals surface area contributed by atoms with Gasteiger partial charge >= 0.3 is 0 Å². The molecule has 24 heavy (non-hydrogen) atoms. The second-order valence-electron chi connectivity index (χ2n) is 4.91. The zero-order valence-electron chi connectivity index (χ0n) is 13.9. The summed E-state index contributed by atoms with van der Waals surface area (Å²) in [6.07, 6.45) is 6.13. The van der Waals surface area contributed by atoms with E-state index in [1.807, 2.05) is 13.1 Å². The summed E-state index contributed by atoms with van der Waals surface area (Å²) in [5, 5.41) is 10.1. The summed E-state index contributed by atoms with van der Waals surface area (Å²) in [6.45, 7) is 5.42. The van der Waals surface area contributed by atoms with E-state index in [1.165, 1.54) is 4.88 Å². The van der Waals surface area contributed by atoms with Crippen LogP contribution in [0.1, 0.15) is 23.7 Å². The fraction of sp³-hybridized carbons (Fsp3) is 0.375. The van der Waals surface area contributed by atoms with E-state index < -0.39 is 0 Å². The standard InChI is InChI=1S/C16H22N6OS/c1-3-13-9-19-15(24-13)11-21-16(18-4-2)20-10-14(23)22-12-6-5-7-17-8-12/h5-9H,3-4,10-11H2,1-2H3,(H,22,23)(H2,18,20,21). The van der Waals surface area contributed by atoms with Crippen LogP contribution in [0.4, 0.5) is 5.69 Å². The number of nitrogens with one attached hydrogen (secondary N) is 3. The van der Waals surface area contributed by atoms with E-state index in [2.05, 4.69) is 37.8 Å². The maximum absolute atomic E-state index is 11.9. The molecular formula is C16H22N6OS. The van der Waals surface area contributed by atoms with Gasteiger partial charge in [0, 0.05) is 23.8 Å². The Morgan fingerprint density at radius 1 is 1.29 bits per heavy atom. The third-order valence-electron chi connectivity index (χ3n) is 3.03. The average Bonchev–Trinajstić information content (AvgIpc) is 3.06. The van der Waals surface area contributed by atoms with Gasteiger partial charge in [-0.15, -0.1) is 11.3 Å². The second-order valence-corrected chi connectivity index (χ2v) is 6.11. The fourth-order valence-corrected chi connectivity index (χ4v) is 2.68. The lowest BCUT2D eigenvalue weighted by Crippen LogP contribution is -2.37. The Morgan fingerprint density at radius 2 is 2.17 bits per heavy atom. The Balaban J connectivity index is 1.86. The van der Waals surface area contributed by atoms with Crippen LogP contribution in [0.25, 0.3) is 0 Å². The second kappa shape index (κ2) is 9.61. The molecule has 0 aliphatic heterocycles. The molecule has 0 spiro atoms. The molecule has 7 nitrogen and oxygen atoms in total. The highest BCUT2D eigenvalue weighted by Gasteiger charge is 2.05. The molecule has 0 unspecified atom stereocenters. The van der Waals surface area contributed by atoms with E-state index in [1.54, 1.807) is 35.9 Å². The van der Waals surface area contributed by atoms with Gasteiger partial charge in [-0.2, -0.15) is 0 Å². The first kappa shape index (κ1) is 17.9. The summed E-state index contributed by atoms with van der Waals surface area (Å²) in [7, 11) is 0. The Labute approximate surface area is 145 Å². The minimum absolute atomic E-state index is 0.0301. The number of amides is 1. The molecule has 0 aliphatic rings. The van der Waals surface area contributed by atoms with E-state index in [9.17, 15) is 4.79 Å². The van der Waals surface area contributed by atoms with E-state index in [0.29, 0.717) is 24.7 Å².